The van der Waals surface area contributed by atoms with Gasteiger partial charge in [-0.15, -0.1) is 0 Å². The normalized spacial score (nSPS) is 36.4. The number of ether oxygens (including phenoxy) is 3. The molecule has 1 saturated heterocycles. The Labute approximate surface area is 171 Å². The molecular weight excluding hydrogens is 384 g/mol. The summed E-state index contributed by atoms with van der Waals surface area (Å²) in [6.45, 7) is 0.130. The molecule has 0 unspecified atom stereocenters. The van der Waals surface area contributed by atoms with Crippen molar-refractivity contribution in [3.05, 3.63) is 34.3 Å². The van der Waals surface area contributed by atoms with E-state index in [2.05, 4.69) is 0 Å². The van der Waals surface area contributed by atoms with Crippen LogP contribution in [0, 0.1) is 5.92 Å². The minimum absolute atomic E-state index is 0.130. The van der Waals surface area contributed by atoms with Crippen molar-refractivity contribution in [1.29, 1.82) is 0 Å². The van der Waals surface area contributed by atoms with E-state index < -0.39 is 30.5 Å². The van der Waals surface area contributed by atoms with Gasteiger partial charge in [-0.1, -0.05) is 23.7 Å². The first-order valence-corrected chi connectivity index (χ1v) is 10.3. The number of halogens is 1. The summed E-state index contributed by atoms with van der Waals surface area (Å²) in [6.07, 6.45) is 0.344. The monoisotopic (exact) mass is 414 g/mol. The third kappa shape index (κ3) is 4.87. The number of benzene rings is 1. The van der Waals surface area contributed by atoms with Crippen molar-refractivity contribution in [3.63, 3.8) is 0 Å². The molecule has 1 aromatic rings. The second-order valence-corrected chi connectivity index (χ2v) is 8.36. The quantitative estimate of drug-likeness (QED) is 0.661. The van der Waals surface area contributed by atoms with Gasteiger partial charge < -0.3 is 29.5 Å². The Bertz CT molecular complexity index is 633. The van der Waals surface area contributed by atoms with Gasteiger partial charge in [0.05, 0.1) is 12.7 Å². The Kier molecular flexibility index (Phi) is 7.73. The summed E-state index contributed by atoms with van der Waals surface area (Å²) in [5.74, 6) is 0.546. The summed E-state index contributed by atoms with van der Waals surface area (Å²) >= 11 is 6.44. The van der Waals surface area contributed by atoms with Crippen LogP contribution in [0.4, 0.5) is 0 Å². The van der Waals surface area contributed by atoms with Gasteiger partial charge in [0.15, 0.2) is 0 Å². The summed E-state index contributed by atoms with van der Waals surface area (Å²) in [4.78, 5) is 0. The molecule has 1 aliphatic carbocycles. The molecule has 0 aromatic heterocycles. The molecule has 0 spiro atoms. The third-order valence-electron chi connectivity index (χ3n) is 6.08. The van der Waals surface area contributed by atoms with Crippen LogP contribution in [0.3, 0.4) is 0 Å². The van der Waals surface area contributed by atoms with Gasteiger partial charge in [-0.25, -0.2) is 0 Å². The van der Waals surface area contributed by atoms with E-state index in [9.17, 15) is 15.3 Å². The zero-order valence-electron chi connectivity index (χ0n) is 16.5. The van der Waals surface area contributed by atoms with Crippen LogP contribution in [0.1, 0.15) is 42.9 Å². The molecule has 7 heteroatoms. The van der Waals surface area contributed by atoms with Crippen LogP contribution >= 0.6 is 11.6 Å². The average molecular weight is 415 g/mol. The maximum Gasteiger partial charge on any atom is 0.113 e. The molecule has 3 N–H and O–H groups in total. The minimum atomic E-state index is -1.30. The van der Waals surface area contributed by atoms with Crippen molar-refractivity contribution >= 4 is 11.6 Å². The molecule has 1 aliphatic heterocycles. The highest BCUT2D eigenvalue weighted by Crippen LogP contribution is 2.36. The summed E-state index contributed by atoms with van der Waals surface area (Å²) in [5, 5.41) is 31.5. The number of rotatable bonds is 6. The van der Waals surface area contributed by atoms with Crippen LogP contribution in [0.2, 0.25) is 5.02 Å². The lowest BCUT2D eigenvalue weighted by atomic mass is 9.82. The molecule has 6 nitrogen and oxygen atoms in total. The largest absolute Gasteiger partial charge is 0.388 e. The highest BCUT2D eigenvalue weighted by Gasteiger charge is 2.44. The van der Waals surface area contributed by atoms with Gasteiger partial charge in [0.2, 0.25) is 0 Å². The number of aliphatic hydroxyl groups excluding tert-OH is 3. The fourth-order valence-electron chi connectivity index (χ4n) is 4.34. The molecule has 3 rings (SSSR count). The highest BCUT2D eigenvalue weighted by molar-refractivity contribution is 6.31. The van der Waals surface area contributed by atoms with Gasteiger partial charge in [-0.05, 0) is 55.2 Å². The lowest BCUT2D eigenvalue weighted by Gasteiger charge is -2.40. The Balaban J connectivity index is 1.74. The van der Waals surface area contributed by atoms with E-state index in [0.29, 0.717) is 17.0 Å². The maximum atomic E-state index is 10.5. The van der Waals surface area contributed by atoms with E-state index in [1.54, 1.807) is 13.2 Å². The van der Waals surface area contributed by atoms with Crippen molar-refractivity contribution < 1.29 is 29.5 Å². The van der Waals surface area contributed by atoms with Gasteiger partial charge >= 0.3 is 0 Å². The molecule has 1 heterocycles. The Morgan fingerprint density at radius 1 is 1.04 bits per heavy atom. The molecule has 2 fully saturated rings. The van der Waals surface area contributed by atoms with E-state index in [-0.39, 0.29) is 6.61 Å². The zero-order valence-corrected chi connectivity index (χ0v) is 17.2. The second kappa shape index (κ2) is 9.85. The summed E-state index contributed by atoms with van der Waals surface area (Å²) < 4.78 is 16.4. The molecule has 1 aromatic carbocycles. The van der Waals surface area contributed by atoms with Crippen LogP contribution in [0.25, 0.3) is 0 Å². The first-order valence-electron chi connectivity index (χ1n) is 9.94. The zero-order chi connectivity index (χ0) is 20.3. The van der Waals surface area contributed by atoms with Crippen LogP contribution < -0.4 is 0 Å². The smallest absolute Gasteiger partial charge is 0.113 e. The van der Waals surface area contributed by atoms with Crippen molar-refractivity contribution in [2.45, 2.75) is 68.7 Å². The second-order valence-electron chi connectivity index (χ2n) is 7.96. The third-order valence-corrected chi connectivity index (χ3v) is 6.45. The van der Waals surface area contributed by atoms with Gasteiger partial charge in [0.25, 0.3) is 0 Å². The summed E-state index contributed by atoms with van der Waals surface area (Å²) in [7, 11) is 3.27. The first-order chi connectivity index (χ1) is 13.4. The molecule has 28 heavy (non-hydrogen) atoms. The van der Waals surface area contributed by atoms with E-state index in [1.807, 2.05) is 12.1 Å². The average Bonchev–Trinajstić information content (AvgIpc) is 2.71. The molecule has 1 saturated carbocycles. The molecule has 158 valence electrons. The lowest BCUT2D eigenvalue weighted by Crippen LogP contribution is -2.55. The summed E-state index contributed by atoms with van der Waals surface area (Å²) in [5.41, 5.74) is 1.75. The maximum absolute atomic E-state index is 10.5. The van der Waals surface area contributed by atoms with Crippen LogP contribution in [0.15, 0.2) is 18.2 Å². The Hall–Kier alpha value is -0.730. The fourth-order valence-corrected chi connectivity index (χ4v) is 4.53. The number of aliphatic hydroxyl groups is 3. The lowest BCUT2D eigenvalue weighted by molar-refractivity contribution is -0.233. The number of hydrogen-bond acceptors (Lipinski definition) is 6. The van der Waals surface area contributed by atoms with Crippen molar-refractivity contribution in [1.82, 2.24) is 0 Å². The molecule has 0 bridgehead atoms. The van der Waals surface area contributed by atoms with Crippen molar-refractivity contribution in [3.8, 4) is 0 Å². The molecule has 2 aliphatic rings. The topological polar surface area (TPSA) is 88.4 Å². The number of hydrogen-bond donors (Lipinski definition) is 3. The van der Waals surface area contributed by atoms with E-state index in [1.165, 1.54) is 7.11 Å². The van der Waals surface area contributed by atoms with E-state index in [4.69, 9.17) is 25.8 Å². The predicted octanol–water partition coefficient (Wildman–Crippen LogP) is 2.26. The Morgan fingerprint density at radius 3 is 2.39 bits per heavy atom. The van der Waals surface area contributed by atoms with Gasteiger partial charge in [0.1, 0.15) is 30.5 Å². The van der Waals surface area contributed by atoms with Gasteiger partial charge in [-0.2, -0.15) is 0 Å². The number of methoxy groups -OCH3 is 2. The van der Waals surface area contributed by atoms with Crippen molar-refractivity contribution in [2.24, 2.45) is 5.92 Å². The Morgan fingerprint density at radius 2 is 1.75 bits per heavy atom. The molecule has 0 amide bonds. The van der Waals surface area contributed by atoms with Crippen LogP contribution in [0.5, 0.6) is 0 Å². The van der Waals surface area contributed by atoms with Crippen LogP contribution in [-0.2, 0) is 20.6 Å². The fraction of sp³-hybridized carbons (Fsp3) is 0.714. The van der Waals surface area contributed by atoms with Gasteiger partial charge in [-0.3, -0.25) is 0 Å². The standard InChI is InChI=1S/C21H31ClO6/c1-26-11-17-18(23)19(24)20(25)21(28-17)13-5-8-16(22)14(10-13)9-12-3-6-15(27-2)7-4-12/h5,8,10,12,15,17-21,23-25H,3-4,6-7,9,11H2,1-2H3/t12?,15?,17-,18-,19+,20-,21+/m1/s1. The van der Waals surface area contributed by atoms with E-state index >= 15 is 0 Å². The van der Waals surface area contributed by atoms with Gasteiger partial charge in [0, 0.05) is 19.2 Å². The first kappa shape index (κ1) is 22.0. The highest BCUT2D eigenvalue weighted by atomic mass is 35.5. The SMILES string of the molecule is COC[C@H]1O[C@@H](c2ccc(Cl)c(CC3CCC(OC)CC3)c2)[C@H](O)[C@@H](O)[C@@H]1O. The van der Waals surface area contributed by atoms with Crippen LogP contribution in [-0.4, -0.2) is 66.7 Å². The molecular formula is C21H31ClO6. The minimum Gasteiger partial charge on any atom is -0.388 e. The summed E-state index contributed by atoms with van der Waals surface area (Å²) in [6, 6.07) is 5.56. The van der Waals surface area contributed by atoms with Crippen molar-refractivity contribution in [2.75, 3.05) is 20.8 Å². The van der Waals surface area contributed by atoms with E-state index in [0.717, 1.165) is 43.2 Å². The molecule has 0 radical (unpaired) electrons. The molecule has 5 atom stereocenters. The predicted molar refractivity (Wildman–Crippen MR) is 105 cm³/mol.